The highest BCUT2D eigenvalue weighted by molar-refractivity contribution is 7.08. The number of para-hydroxylation sites is 1. The molecule has 3 aromatic heterocycles. The standard InChI is InChI=1S/C25H25N5O2S/c26-23-22-21(19-12-16-2-1-3-18(20(16)28-19)17-8-11-33-13-17)29-24(30(22)10-9-27-23)14-4-6-15(7-5-14)25(31)32/h1-3,8-11,13-15,19,28H,4-7,12H2,(H2,26,27)(H,31,32)/t14-,15-,19?. The zero-order chi connectivity index (χ0) is 22.5. The van der Waals surface area contributed by atoms with E-state index in [9.17, 15) is 9.90 Å². The Labute approximate surface area is 195 Å². The number of nitrogens with zero attached hydrogens (tertiary/aromatic N) is 3. The fraction of sp³-hybridized carbons (Fsp3) is 0.320. The Hall–Kier alpha value is -3.39. The molecule has 4 aromatic rings. The predicted octanol–water partition coefficient (Wildman–Crippen LogP) is 5.11. The Morgan fingerprint density at radius 2 is 2.06 bits per heavy atom. The van der Waals surface area contributed by atoms with Gasteiger partial charge in [0.2, 0.25) is 0 Å². The summed E-state index contributed by atoms with van der Waals surface area (Å²) in [5.74, 6) is 0.717. The van der Waals surface area contributed by atoms with E-state index in [4.69, 9.17) is 10.7 Å². The molecule has 0 radical (unpaired) electrons. The van der Waals surface area contributed by atoms with Gasteiger partial charge in [-0.2, -0.15) is 11.3 Å². The molecule has 1 aliphatic heterocycles. The monoisotopic (exact) mass is 459 g/mol. The summed E-state index contributed by atoms with van der Waals surface area (Å²) in [5, 5.41) is 17.4. The van der Waals surface area contributed by atoms with Crippen molar-refractivity contribution in [3.8, 4) is 11.1 Å². The quantitative estimate of drug-likeness (QED) is 0.392. The van der Waals surface area contributed by atoms with Gasteiger partial charge in [0.25, 0.3) is 0 Å². The molecular weight excluding hydrogens is 434 g/mol. The van der Waals surface area contributed by atoms with Gasteiger partial charge in [0, 0.05) is 36.0 Å². The zero-order valence-electron chi connectivity index (χ0n) is 18.1. The Balaban J connectivity index is 1.38. The van der Waals surface area contributed by atoms with Crippen LogP contribution in [0.1, 0.15) is 54.7 Å². The van der Waals surface area contributed by atoms with Crippen molar-refractivity contribution in [3.63, 3.8) is 0 Å². The number of hydrogen-bond acceptors (Lipinski definition) is 6. The molecule has 2 aliphatic rings. The number of anilines is 2. The molecule has 0 saturated heterocycles. The number of fused-ring (bicyclic) bond motifs is 2. The van der Waals surface area contributed by atoms with Gasteiger partial charge in [-0.3, -0.25) is 9.20 Å². The third-order valence-electron chi connectivity index (χ3n) is 7.13. The van der Waals surface area contributed by atoms with Crippen LogP contribution in [-0.2, 0) is 11.2 Å². The first-order chi connectivity index (χ1) is 16.1. The normalized spacial score (nSPS) is 22.2. The van der Waals surface area contributed by atoms with Crippen LogP contribution in [0.4, 0.5) is 11.5 Å². The van der Waals surface area contributed by atoms with Gasteiger partial charge >= 0.3 is 5.97 Å². The average molecular weight is 460 g/mol. The molecule has 0 spiro atoms. The van der Waals surface area contributed by atoms with Crippen LogP contribution in [0.25, 0.3) is 16.6 Å². The minimum Gasteiger partial charge on any atom is -0.481 e. The Morgan fingerprint density at radius 3 is 2.82 bits per heavy atom. The minimum atomic E-state index is -0.690. The number of carboxylic acid groups (broad SMARTS) is 1. The van der Waals surface area contributed by atoms with E-state index < -0.39 is 5.97 Å². The number of thiophene rings is 1. The first kappa shape index (κ1) is 20.2. The Morgan fingerprint density at radius 1 is 1.21 bits per heavy atom. The highest BCUT2D eigenvalue weighted by Crippen LogP contribution is 2.44. The number of carboxylic acids is 1. The van der Waals surface area contributed by atoms with Crippen molar-refractivity contribution in [2.45, 2.75) is 44.1 Å². The van der Waals surface area contributed by atoms with E-state index >= 15 is 0 Å². The van der Waals surface area contributed by atoms with Gasteiger partial charge in [-0.05, 0) is 53.6 Å². The Bertz CT molecular complexity index is 1340. The number of benzene rings is 1. The van der Waals surface area contributed by atoms with Crippen molar-refractivity contribution in [1.29, 1.82) is 0 Å². The number of nitrogens with one attached hydrogen (secondary N) is 1. The third kappa shape index (κ3) is 3.36. The molecule has 7 nitrogen and oxygen atoms in total. The van der Waals surface area contributed by atoms with E-state index in [1.807, 2.05) is 6.20 Å². The molecule has 1 unspecified atom stereocenters. The zero-order valence-corrected chi connectivity index (χ0v) is 18.9. The predicted molar refractivity (Wildman–Crippen MR) is 130 cm³/mol. The lowest BCUT2D eigenvalue weighted by molar-refractivity contribution is -0.142. The number of aliphatic carboxylic acids is 1. The van der Waals surface area contributed by atoms with Crippen LogP contribution in [0.5, 0.6) is 0 Å². The fourth-order valence-corrected chi connectivity index (χ4v) is 6.11. The van der Waals surface area contributed by atoms with Crippen molar-refractivity contribution >= 4 is 34.3 Å². The molecule has 1 aliphatic carbocycles. The number of nitrogen functional groups attached to an aromatic ring is 1. The largest absolute Gasteiger partial charge is 0.481 e. The summed E-state index contributed by atoms with van der Waals surface area (Å²) in [6.07, 6.45) is 7.48. The second-order valence-electron chi connectivity index (χ2n) is 9.03. The van der Waals surface area contributed by atoms with Crippen LogP contribution in [0.2, 0.25) is 0 Å². The molecule has 0 amide bonds. The summed E-state index contributed by atoms with van der Waals surface area (Å²) in [4.78, 5) is 20.9. The van der Waals surface area contributed by atoms with Gasteiger partial charge in [-0.1, -0.05) is 18.2 Å². The summed E-state index contributed by atoms with van der Waals surface area (Å²) < 4.78 is 2.08. The number of carbonyl (C=O) groups is 1. The molecule has 1 atom stereocenters. The fourth-order valence-electron chi connectivity index (χ4n) is 5.45. The lowest BCUT2D eigenvalue weighted by Gasteiger charge is -2.25. The Kier molecular flexibility index (Phi) is 4.83. The smallest absolute Gasteiger partial charge is 0.306 e. The van der Waals surface area contributed by atoms with Crippen molar-refractivity contribution in [2.24, 2.45) is 5.92 Å². The first-order valence-corrected chi connectivity index (χ1v) is 12.3. The van der Waals surface area contributed by atoms with Gasteiger partial charge in [-0.15, -0.1) is 0 Å². The van der Waals surface area contributed by atoms with Crippen LogP contribution in [0, 0.1) is 5.92 Å². The van der Waals surface area contributed by atoms with Crippen molar-refractivity contribution < 1.29 is 9.90 Å². The second kappa shape index (κ2) is 7.88. The van der Waals surface area contributed by atoms with Crippen LogP contribution in [-0.4, -0.2) is 25.4 Å². The van der Waals surface area contributed by atoms with Crippen LogP contribution >= 0.6 is 11.3 Å². The van der Waals surface area contributed by atoms with Gasteiger partial charge in [-0.25, -0.2) is 9.97 Å². The molecule has 6 rings (SSSR count). The summed E-state index contributed by atoms with van der Waals surface area (Å²) in [6, 6.07) is 8.60. The van der Waals surface area contributed by atoms with E-state index in [-0.39, 0.29) is 17.9 Å². The summed E-state index contributed by atoms with van der Waals surface area (Å²) >= 11 is 1.70. The number of nitrogens with two attached hydrogens (primary N) is 1. The highest BCUT2D eigenvalue weighted by Gasteiger charge is 2.33. The van der Waals surface area contributed by atoms with Gasteiger partial charge < -0.3 is 16.2 Å². The number of imidazole rings is 1. The number of rotatable bonds is 4. The van der Waals surface area contributed by atoms with Gasteiger partial charge in [0.1, 0.15) is 17.2 Å². The van der Waals surface area contributed by atoms with Gasteiger partial charge in [0.05, 0.1) is 17.7 Å². The first-order valence-electron chi connectivity index (χ1n) is 11.4. The molecule has 0 bridgehead atoms. The molecule has 8 heteroatoms. The summed E-state index contributed by atoms with van der Waals surface area (Å²) in [5.41, 5.74) is 13.0. The van der Waals surface area contributed by atoms with E-state index in [0.29, 0.717) is 18.7 Å². The molecule has 168 valence electrons. The third-order valence-corrected chi connectivity index (χ3v) is 7.82. The number of aromatic nitrogens is 3. The average Bonchev–Trinajstić information content (AvgIpc) is 3.57. The second-order valence-corrected chi connectivity index (χ2v) is 9.81. The van der Waals surface area contributed by atoms with E-state index in [1.54, 1.807) is 17.5 Å². The molecule has 1 saturated carbocycles. The SMILES string of the molecule is Nc1nccn2c1c(C1Cc3cccc(-c4ccsc4)c3N1)nc2[C@H]1CC[C@H](C(=O)O)CC1. The molecule has 4 heterocycles. The van der Waals surface area contributed by atoms with Crippen molar-refractivity contribution in [3.05, 3.63) is 64.5 Å². The number of hydrogen-bond donors (Lipinski definition) is 3. The van der Waals surface area contributed by atoms with E-state index in [1.165, 1.54) is 16.7 Å². The maximum absolute atomic E-state index is 11.4. The van der Waals surface area contributed by atoms with Crippen LogP contribution < -0.4 is 11.1 Å². The van der Waals surface area contributed by atoms with Crippen molar-refractivity contribution in [2.75, 3.05) is 11.1 Å². The molecular formula is C25H25N5O2S. The maximum atomic E-state index is 11.4. The molecule has 1 aromatic carbocycles. The van der Waals surface area contributed by atoms with E-state index in [2.05, 4.69) is 49.7 Å². The van der Waals surface area contributed by atoms with Crippen molar-refractivity contribution in [1.82, 2.24) is 14.4 Å². The summed E-state index contributed by atoms with van der Waals surface area (Å²) in [6.45, 7) is 0. The minimum absolute atomic E-state index is 0.00499. The van der Waals surface area contributed by atoms with Crippen LogP contribution in [0.15, 0.2) is 47.4 Å². The van der Waals surface area contributed by atoms with E-state index in [0.717, 1.165) is 42.0 Å². The summed E-state index contributed by atoms with van der Waals surface area (Å²) in [7, 11) is 0. The molecule has 4 N–H and O–H groups in total. The lowest BCUT2D eigenvalue weighted by atomic mass is 9.81. The lowest BCUT2D eigenvalue weighted by Crippen LogP contribution is -2.21. The van der Waals surface area contributed by atoms with Crippen LogP contribution in [0.3, 0.4) is 0 Å². The maximum Gasteiger partial charge on any atom is 0.306 e. The molecule has 33 heavy (non-hydrogen) atoms. The topological polar surface area (TPSA) is 106 Å². The highest BCUT2D eigenvalue weighted by atomic mass is 32.1. The molecule has 1 fully saturated rings. The van der Waals surface area contributed by atoms with Gasteiger partial charge in [0.15, 0.2) is 0 Å².